The Hall–Kier alpha value is -2.06. The number of rotatable bonds is 6. The van der Waals surface area contributed by atoms with Crippen molar-refractivity contribution in [3.05, 3.63) is 36.7 Å². The van der Waals surface area contributed by atoms with E-state index in [-0.39, 0.29) is 4.90 Å². The Bertz CT molecular complexity index is 692. The normalized spacial score (nSPS) is 11.8. The van der Waals surface area contributed by atoms with Gasteiger partial charge in [-0.25, -0.2) is 12.7 Å². The fraction of sp³-hybridized carbons (Fsp3) is 0.308. The summed E-state index contributed by atoms with van der Waals surface area (Å²) in [6.07, 6.45) is 3.36. The average Bonchev–Trinajstić information content (AvgIpc) is 2.85. The Morgan fingerprint density at radius 3 is 2.48 bits per heavy atom. The van der Waals surface area contributed by atoms with Crippen molar-refractivity contribution in [2.45, 2.75) is 11.4 Å². The number of benzene rings is 1. The molecular weight excluding hydrogens is 290 g/mol. The molecule has 1 aromatic heterocycles. The highest BCUT2D eigenvalue weighted by Crippen LogP contribution is 2.16. The summed E-state index contributed by atoms with van der Waals surface area (Å²) < 4.78 is 26.8. The molecule has 0 saturated carbocycles. The van der Waals surface area contributed by atoms with E-state index in [1.165, 1.54) is 18.4 Å². The van der Waals surface area contributed by atoms with Crippen LogP contribution in [0.15, 0.2) is 41.6 Å². The van der Waals surface area contributed by atoms with Gasteiger partial charge in [-0.15, -0.1) is 0 Å². The molecule has 0 unspecified atom stereocenters. The average molecular weight is 309 g/mol. The smallest absolute Gasteiger partial charge is 0.242 e. The van der Waals surface area contributed by atoms with Gasteiger partial charge in [-0.3, -0.25) is 4.68 Å². The van der Waals surface area contributed by atoms with Crippen molar-refractivity contribution in [1.82, 2.24) is 14.1 Å². The Morgan fingerprint density at radius 2 is 1.95 bits per heavy atom. The monoisotopic (exact) mass is 309 g/mol. The highest BCUT2D eigenvalue weighted by atomic mass is 32.2. The third-order valence-corrected chi connectivity index (χ3v) is 4.79. The van der Waals surface area contributed by atoms with E-state index in [1.54, 1.807) is 41.3 Å². The largest absolute Gasteiger partial charge is 0.396 e. The highest BCUT2D eigenvalue weighted by molar-refractivity contribution is 7.89. The molecular formula is C13H19N5O2S. The first-order chi connectivity index (χ1) is 9.89. The van der Waals surface area contributed by atoms with Crippen LogP contribution in [0.25, 0.3) is 0 Å². The van der Waals surface area contributed by atoms with Crippen molar-refractivity contribution < 1.29 is 8.42 Å². The lowest BCUT2D eigenvalue weighted by Crippen LogP contribution is -2.22. The third kappa shape index (κ3) is 3.73. The molecule has 0 radical (unpaired) electrons. The molecule has 0 atom stereocenters. The summed E-state index contributed by atoms with van der Waals surface area (Å²) in [7, 11) is -0.354. The first-order valence-corrected chi connectivity index (χ1v) is 7.88. The number of hydrogen-bond donors (Lipinski definition) is 2. The topological polar surface area (TPSA) is 93.2 Å². The van der Waals surface area contributed by atoms with Crippen LogP contribution in [0, 0.1) is 0 Å². The van der Waals surface area contributed by atoms with Gasteiger partial charge in [0.2, 0.25) is 10.0 Å². The molecule has 1 aromatic carbocycles. The maximum Gasteiger partial charge on any atom is 0.242 e. The molecule has 2 aromatic rings. The zero-order chi connectivity index (χ0) is 15.5. The molecule has 21 heavy (non-hydrogen) atoms. The van der Waals surface area contributed by atoms with Crippen LogP contribution in [-0.2, 0) is 16.6 Å². The molecule has 0 saturated heterocycles. The second kappa shape index (κ2) is 6.15. The van der Waals surface area contributed by atoms with E-state index in [4.69, 9.17) is 5.73 Å². The Labute approximate surface area is 124 Å². The predicted molar refractivity (Wildman–Crippen MR) is 82.4 cm³/mol. The number of sulfonamides is 1. The van der Waals surface area contributed by atoms with Gasteiger partial charge in [0.15, 0.2) is 0 Å². The summed E-state index contributed by atoms with van der Waals surface area (Å²) in [6.45, 7) is 1.34. The fourth-order valence-electron chi connectivity index (χ4n) is 1.77. The van der Waals surface area contributed by atoms with Crippen molar-refractivity contribution in [3.63, 3.8) is 0 Å². The minimum atomic E-state index is -3.38. The van der Waals surface area contributed by atoms with E-state index >= 15 is 0 Å². The maximum absolute atomic E-state index is 11.9. The quantitative estimate of drug-likeness (QED) is 0.824. The van der Waals surface area contributed by atoms with E-state index in [9.17, 15) is 8.42 Å². The zero-order valence-corrected chi connectivity index (χ0v) is 12.8. The number of hydrogen-bond acceptors (Lipinski definition) is 5. The molecule has 0 aliphatic heterocycles. The number of nitrogens with zero attached hydrogens (tertiary/aromatic N) is 3. The van der Waals surface area contributed by atoms with Gasteiger partial charge in [-0.05, 0) is 24.3 Å². The van der Waals surface area contributed by atoms with Crippen LogP contribution >= 0.6 is 0 Å². The highest BCUT2D eigenvalue weighted by Gasteiger charge is 2.16. The van der Waals surface area contributed by atoms with Crippen LogP contribution in [0.1, 0.15) is 0 Å². The lowest BCUT2D eigenvalue weighted by molar-refractivity contribution is 0.521. The van der Waals surface area contributed by atoms with Crippen LogP contribution in [-0.4, -0.2) is 43.1 Å². The van der Waals surface area contributed by atoms with E-state index < -0.39 is 10.0 Å². The first-order valence-electron chi connectivity index (χ1n) is 6.44. The molecule has 0 bridgehead atoms. The van der Waals surface area contributed by atoms with E-state index in [1.807, 2.05) is 0 Å². The third-order valence-electron chi connectivity index (χ3n) is 2.96. The van der Waals surface area contributed by atoms with Crippen molar-refractivity contribution in [3.8, 4) is 0 Å². The van der Waals surface area contributed by atoms with E-state index in [0.717, 1.165) is 5.69 Å². The Kier molecular flexibility index (Phi) is 4.49. The van der Waals surface area contributed by atoms with Crippen molar-refractivity contribution in [2.75, 3.05) is 31.7 Å². The Balaban J connectivity index is 1.94. The number of nitrogen functional groups attached to an aromatic ring is 1. The predicted octanol–water partition coefficient (Wildman–Crippen LogP) is 0.828. The summed E-state index contributed by atoms with van der Waals surface area (Å²) in [5.74, 6) is 0. The van der Waals surface area contributed by atoms with Gasteiger partial charge in [-0.1, -0.05) is 0 Å². The van der Waals surface area contributed by atoms with E-state index in [0.29, 0.717) is 18.8 Å². The minimum absolute atomic E-state index is 0.276. The van der Waals surface area contributed by atoms with Gasteiger partial charge in [0.1, 0.15) is 0 Å². The molecule has 8 heteroatoms. The van der Waals surface area contributed by atoms with Gasteiger partial charge in [0.25, 0.3) is 0 Å². The van der Waals surface area contributed by atoms with Gasteiger partial charge in [0, 0.05) is 32.5 Å². The maximum atomic E-state index is 11.9. The molecule has 3 N–H and O–H groups in total. The lowest BCUT2D eigenvalue weighted by atomic mass is 10.3. The van der Waals surface area contributed by atoms with Gasteiger partial charge >= 0.3 is 0 Å². The summed E-state index contributed by atoms with van der Waals surface area (Å²) in [4.78, 5) is 0.276. The number of nitrogens with one attached hydrogen (secondary N) is 1. The molecule has 1 heterocycles. The SMILES string of the molecule is CN(C)S(=O)(=O)c1ccc(NCCn2cc(N)cn2)cc1. The number of anilines is 2. The molecule has 0 fully saturated rings. The molecule has 0 aliphatic carbocycles. The molecule has 0 aliphatic rings. The second-order valence-corrected chi connectivity index (χ2v) is 6.93. The van der Waals surface area contributed by atoms with Crippen molar-refractivity contribution in [2.24, 2.45) is 0 Å². The number of aromatic nitrogens is 2. The van der Waals surface area contributed by atoms with Crippen molar-refractivity contribution >= 4 is 21.4 Å². The van der Waals surface area contributed by atoms with Crippen LogP contribution in [0.3, 0.4) is 0 Å². The fourth-order valence-corrected chi connectivity index (χ4v) is 2.67. The first kappa shape index (κ1) is 15.3. The lowest BCUT2D eigenvalue weighted by Gasteiger charge is -2.12. The molecule has 0 amide bonds. The molecule has 2 rings (SSSR count). The summed E-state index contributed by atoms with van der Waals surface area (Å²) in [5, 5.41) is 7.28. The van der Waals surface area contributed by atoms with Crippen molar-refractivity contribution in [1.29, 1.82) is 0 Å². The number of nitrogens with two attached hydrogens (primary N) is 1. The second-order valence-electron chi connectivity index (χ2n) is 4.78. The summed E-state index contributed by atoms with van der Waals surface area (Å²) in [6, 6.07) is 6.66. The molecule has 7 nitrogen and oxygen atoms in total. The van der Waals surface area contributed by atoms with Gasteiger partial charge < -0.3 is 11.1 Å². The molecule has 0 spiro atoms. The van der Waals surface area contributed by atoms with Crippen LogP contribution in [0.2, 0.25) is 0 Å². The zero-order valence-electron chi connectivity index (χ0n) is 12.0. The van der Waals surface area contributed by atoms with Crippen LogP contribution in [0.4, 0.5) is 11.4 Å². The standard InChI is InChI=1S/C13H19N5O2S/c1-17(2)21(19,20)13-5-3-12(4-6-13)15-7-8-18-10-11(14)9-16-18/h3-6,9-10,15H,7-8,14H2,1-2H3. The summed E-state index contributed by atoms with van der Waals surface area (Å²) >= 11 is 0. The van der Waals surface area contributed by atoms with Crippen LogP contribution < -0.4 is 11.1 Å². The molecule has 114 valence electrons. The van der Waals surface area contributed by atoms with E-state index in [2.05, 4.69) is 10.4 Å². The minimum Gasteiger partial charge on any atom is -0.396 e. The Morgan fingerprint density at radius 1 is 1.29 bits per heavy atom. The van der Waals surface area contributed by atoms with Gasteiger partial charge in [0.05, 0.1) is 23.3 Å². The van der Waals surface area contributed by atoms with Gasteiger partial charge in [-0.2, -0.15) is 5.10 Å². The summed E-state index contributed by atoms with van der Waals surface area (Å²) in [5.41, 5.74) is 7.07. The van der Waals surface area contributed by atoms with Crippen LogP contribution in [0.5, 0.6) is 0 Å².